The molecule has 11 heteroatoms. The molecule has 5 heterocycles. The Morgan fingerprint density at radius 1 is 1.21 bits per heavy atom. The summed E-state index contributed by atoms with van der Waals surface area (Å²) in [5.41, 5.74) is 2.86. The first-order chi connectivity index (χ1) is 18.4. The number of urea groups is 1. The number of hydrogen-bond donors (Lipinski definition) is 2. The zero-order valence-corrected chi connectivity index (χ0v) is 22.0. The molecule has 3 aliphatic heterocycles. The van der Waals surface area contributed by atoms with Gasteiger partial charge in [-0.15, -0.1) is 0 Å². The van der Waals surface area contributed by atoms with Crippen molar-refractivity contribution in [2.24, 2.45) is 0 Å². The van der Waals surface area contributed by atoms with E-state index in [0.717, 1.165) is 36.3 Å². The van der Waals surface area contributed by atoms with Crippen LogP contribution >= 0.6 is 11.8 Å². The number of aryl methyl sites for hydroxylation is 1. The highest BCUT2D eigenvalue weighted by Gasteiger charge is 2.47. The van der Waals surface area contributed by atoms with Crippen LogP contribution in [-0.2, 0) is 9.59 Å². The van der Waals surface area contributed by atoms with Gasteiger partial charge in [0.05, 0.1) is 23.1 Å². The topological polar surface area (TPSA) is 117 Å². The molecule has 1 aliphatic carbocycles. The van der Waals surface area contributed by atoms with Gasteiger partial charge in [0.1, 0.15) is 16.4 Å². The van der Waals surface area contributed by atoms with Gasteiger partial charge in [-0.1, -0.05) is 18.3 Å². The van der Waals surface area contributed by atoms with E-state index >= 15 is 0 Å². The largest absolute Gasteiger partial charge is 0.474 e. The molecule has 0 radical (unpaired) electrons. The number of aromatic nitrogens is 2. The Morgan fingerprint density at radius 3 is 2.79 bits per heavy atom. The molecule has 4 amide bonds. The lowest BCUT2D eigenvalue weighted by molar-refractivity contribution is -0.129. The normalized spacial score (nSPS) is 24.2. The molecule has 2 N–H and O–H groups in total. The lowest BCUT2D eigenvalue weighted by Crippen LogP contribution is -2.53. The van der Waals surface area contributed by atoms with Crippen molar-refractivity contribution in [2.45, 2.75) is 67.5 Å². The lowest BCUT2D eigenvalue weighted by atomic mass is 9.96. The third kappa shape index (κ3) is 4.38. The number of carbonyl (C=O) groups is 3. The summed E-state index contributed by atoms with van der Waals surface area (Å²) in [5.74, 6) is 0.257. The third-order valence-corrected chi connectivity index (χ3v) is 8.92. The lowest BCUT2D eigenvalue weighted by Gasteiger charge is -2.36. The fourth-order valence-electron chi connectivity index (χ4n) is 5.46. The average Bonchev–Trinajstić information content (AvgIpc) is 3.26. The quantitative estimate of drug-likeness (QED) is 0.546. The van der Waals surface area contributed by atoms with Crippen molar-refractivity contribution in [3.05, 3.63) is 48.3 Å². The highest BCUT2D eigenvalue weighted by atomic mass is 32.2. The van der Waals surface area contributed by atoms with Crippen LogP contribution in [0.25, 0.3) is 0 Å². The number of ether oxygens (including phenoxy) is 1. The van der Waals surface area contributed by atoms with Gasteiger partial charge in [0.25, 0.3) is 0 Å². The zero-order valence-electron chi connectivity index (χ0n) is 21.2. The standard InChI is InChI=1S/C27H30N6O4S/c1-3-21(34)32-13-5-6-16(14-32)30-25(35)24-23-22-19(11-12-28-26(22)38-24)33(27(36)31-23)18-9-10-20(29-15(18)2)37-17-7-4-8-17/h3,9-12,16-17,23-24H,1,4-8,13-14H2,2H3,(H,30,35)(H,31,36)/t16?,23?,24-/m1/s1. The highest BCUT2D eigenvalue weighted by Crippen LogP contribution is 2.50. The van der Waals surface area contributed by atoms with Gasteiger partial charge >= 0.3 is 6.03 Å². The van der Waals surface area contributed by atoms with Crippen molar-refractivity contribution >= 4 is 41.0 Å². The Morgan fingerprint density at radius 2 is 2.05 bits per heavy atom. The summed E-state index contributed by atoms with van der Waals surface area (Å²) < 4.78 is 5.93. The molecule has 2 aromatic heterocycles. The smallest absolute Gasteiger partial charge is 0.327 e. The van der Waals surface area contributed by atoms with Crippen molar-refractivity contribution in [1.29, 1.82) is 0 Å². The maximum atomic E-state index is 13.5. The van der Waals surface area contributed by atoms with E-state index < -0.39 is 11.3 Å². The van der Waals surface area contributed by atoms with E-state index in [0.29, 0.717) is 36.0 Å². The second-order valence-electron chi connectivity index (χ2n) is 10.1. The molecule has 3 atom stereocenters. The number of likely N-dealkylation sites (tertiary alicyclic amines) is 1. The molecule has 38 heavy (non-hydrogen) atoms. The van der Waals surface area contributed by atoms with Crippen molar-refractivity contribution < 1.29 is 19.1 Å². The second-order valence-corrected chi connectivity index (χ2v) is 11.2. The minimum Gasteiger partial charge on any atom is -0.474 e. The van der Waals surface area contributed by atoms with Gasteiger partial charge in [-0.25, -0.2) is 14.8 Å². The molecular formula is C27H30N6O4S. The SMILES string of the molecule is C=CC(=O)N1CCCC(NC(=O)[C@@H]2Sc3nccc4c3C2NC(=O)N4c2ccc(OC3CCC3)nc2C)C1. The zero-order chi connectivity index (χ0) is 26.4. The van der Waals surface area contributed by atoms with Gasteiger partial charge in [-0.2, -0.15) is 0 Å². The molecule has 198 valence electrons. The summed E-state index contributed by atoms with van der Waals surface area (Å²) in [6.07, 6.45) is 8.04. The van der Waals surface area contributed by atoms with E-state index in [4.69, 9.17) is 4.74 Å². The van der Waals surface area contributed by atoms with Gasteiger partial charge < -0.3 is 20.3 Å². The summed E-state index contributed by atoms with van der Waals surface area (Å²) >= 11 is 1.36. The average molecular weight is 535 g/mol. The first-order valence-electron chi connectivity index (χ1n) is 13.0. The van der Waals surface area contributed by atoms with Crippen molar-refractivity contribution in [1.82, 2.24) is 25.5 Å². The Hall–Kier alpha value is -3.60. The monoisotopic (exact) mass is 534 g/mol. The predicted octanol–water partition coefficient (Wildman–Crippen LogP) is 3.39. The van der Waals surface area contributed by atoms with Crippen LogP contribution in [0.5, 0.6) is 5.88 Å². The molecule has 2 unspecified atom stereocenters. The summed E-state index contributed by atoms with van der Waals surface area (Å²) in [5, 5.41) is 6.31. The first kappa shape index (κ1) is 24.7. The third-order valence-electron chi connectivity index (χ3n) is 7.63. The summed E-state index contributed by atoms with van der Waals surface area (Å²) in [7, 11) is 0. The van der Waals surface area contributed by atoms with E-state index in [1.165, 1.54) is 24.3 Å². The fourth-order valence-corrected chi connectivity index (χ4v) is 6.70. The number of nitrogens with zero attached hydrogens (tertiary/aromatic N) is 4. The molecule has 2 fully saturated rings. The van der Waals surface area contributed by atoms with Gasteiger partial charge in [0, 0.05) is 37.0 Å². The minimum absolute atomic E-state index is 0.132. The Bertz CT molecular complexity index is 1310. The van der Waals surface area contributed by atoms with Gasteiger partial charge in [0.15, 0.2) is 0 Å². The van der Waals surface area contributed by atoms with Crippen LogP contribution in [0.15, 0.2) is 42.1 Å². The number of amides is 4. The van der Waals surface area contributed by atoms with E-state index in [1.54, 1.807) is 22.1 Å². The van der Waals surface area contributed by atoms with Gasteiger partial charge in [-0.3, -0.25) is 14.5 Å². The number of hydrogen-bond acceptors (Lipinski definition) is 7. The number of piperidine rings is 1. The van der Waals surface area contributed by atoms with Crippen LogP contribution in [0.4, 0.5) is 16.2 Å². The number of carbonyl (C=O) groups excluding carboxylic acids is 3. The Kier molecular flexibility index (Phi) is 6.46. The van der Waals surface area contributed by atoms with E-state index in [9.17, 15) is 14.4 Å². The van der Waals surface area contributed by atoms with Crippen LogP contribution in [0.3, 0.4) is 0 Å². The summed E-state index contributed by atoms with van der Waals surface area (Å²) in [6.45, 7) is 6.53. The highest BCUT2D eigenvalue weighted by molar-refractivity contribution is 8.01. The van der Waals surface area contributed by atoms with Crippen LogP contribution in [0.2, 0.25) is 0 Å². The first-order valence-corrected chi connectivity index (χ1v) is 13.9. The molecule has 10 nitrogen and oxygen atoms in total. The van der Waals surface area contributed by atoms with E-state index in [2.05, 4.69) is 27.2 Å². The maximum Gasteiger partial charge on any atom is 0.327 e. The van der Waals surface area contributed by atoms with Crippen LogP contribution < -0.4 is 20.3 Å². The molecule has 0 aromatic carbocycles. The Balaban J connectivity index is 1.22. The van der Waals surface area contributed by atoms with Crippen LogP contribution in [-0.4, -0.2) is 63.2 Å². The fraction of sp³-hybridized carbons (Fsp3) is 0.444. The van der Waals surface area contributed by atoms with Crippen molar-refractivity contribution in [2.75, 3.05) is 18.0 Å². The number of anilines is 2. The predicted molar refractivity (Wildman–Crippen MR) is 142 cm³/mol. The van der Waals surface area contributed by atoms with Gasteiger partial charge in [-0.05, 0) is 57.2 Å². The minimum atomic E-state index is -0.562. The number of thioether (sulfide) groups is 1. The number of pyridine rings is 2. The van der Waals surface area contributed by atoms with Crippen LogP contribution in [0, 0.1) is 6.92 Å². The van der Waals surface area contributed by atoms with Crippen molar-refractivity contribution in [3.63, 3.8) is 0 Å². The molecule has 6 rings (SSSR count). The molecule has 4 aliphatic rings. The molecule has 0 bridgehead atoms. The number of nitrogens with one attached hydrogen (secondary N) is 2. The molecule has 0 spiro atoms. The molecule has 1 saturated carbocycles. The van der Waals surface area contributed by atoms with Crippen molar-refractivity contribution in [3.8, 4) is 5.88 Å². The summed E-state index contributed by atoms with van der Waals surface area (Å²) in [6, 6.07) is 4.49. The Labute approximate surface area is 225 Å². The molecule has 2 aromatic rings. The number of rotatable bonds is 6. The summed E-state index contributed by atoms with van der Waals surface area (Å²) in [4.78, 5) is 51.4. The maximum absolute atomic E-state index is 13.5. The molecule has 1 saturated heterocycles. The van der Waals surface area contributed by atoms with Gasteiger partial charge in [0.2, 0.25) is 17.7 Å². The van der Waals surface area contributed by atoms with E-state index in [-0.39, 0.29) is 30.0 Å². The van der Waals surface area contributed by atoms with E-state index in [1.807, 2.05) is 19.1 Å². The molecular weight excluding hydrogens is 504 g/mol. The second kappa shape index (κ2) is 9.94. The van der Waals surface area contributed by atoms with Crippen LogP contribution in [0.1, 0.15) is 49.4 Å².